The van der Waals surface area contributed by atoms with Gasteiger partial charge in [0.25, 0.3) is 0 Å². The first-order valence-electron chi connectivity index (χ1n) is 4.77. The first-order valence-corrected chi connectivity index (χ1v) is 4.77. The van der Waals surface area contributed by atoms with E-state index < -0.39 is 0 Å². The normalized spacial score (nSPS) is 37.2. The van der Waals surface area contributed by atoms with Crippen molar-refractivity contribution in [2.75, 3.05) is 13.6 Å². The fraction of sp³-hybridized carbons (Fsp3) is 0.889. The molecular formula is C9H16N2O. The van der Waals surface area contributed by atoms with E-state index in [1.165, 1.54) is 19.4 Å². The molecule has 0 aliphatic carbocycles. The molecule has 12 heavy (non-hydrogen) atoms. The molecule has 0 radical (unpaired) electrons. The Morgan fingerprint density at radius 3 is 2.83 bits per heavy atom. The lowest BCUT2D eigenvalue weighted by Gasteiger charge is -2.25. The summed E-state index contributed by atoms with van der Waals surface area (Å²) in [5.74, 6) is 0.236. The minimum atomic E-state index is 0.236. The number of carbonyl (C=O) groups excluding carboxylic acids is 1. The van der Waals surface area contributed by atoms with Crippen LogP contribution in [-0.4, -0.2) is 36.5 Å². The van der Waals surface area contributed by atoms with Crippen LogP contribution in [0.4, 0.5) is 0 Å². The van der Waals surface area contributed by atoms with E-state index in [4.69, 9.17) is 0 Å². The summed E-state index contributed by atoms with van der Waals surface area (Å²) in [5.41, 5.74) is 0. The van der Waals surface area contributed by atoms with Gasteiger partial charge in [-0.25, -0.2) is 0 Å². The maximum atomic E-state index is 11.0. The van der Waals surface area contributed by atoms with Gasteiger partial charge in [-0.3, -0.25) is 4.79 Å². The molecule has 2 aliphatic heterocycles. The van der Waals surface area contributed by atoms with E-state index in [0.717, 1.165) is 12.8 Å². The van der Waals surface area contributed by atoms with Crippen LogP contribution < -0.4 is 5.32 Å². The van der Waals surface area contributed by atoms with Gasteiger partial charge in [-0.05, 0) is 32.9 Å². The van der Waals surface area contributed by atoms with Gasteiger partial charge >= 0.3 is 0 Å². The number of nitrogens with one attached hydrogen (secondary N) is 1. The van der Waals surface area contributed by atoms with Gasteiger partial charge in [-0.15, -0.1) is 0 Å². The Labute approximate surface area is 73.1 Å². The number of hydrogen-bond donors (Lipinski definition) is 1. The van der Waals surface area contributed by atoms with Crippen molar-refractivity contribution in [1.82, 2.24) is 10.2 Å². The summed E-state index contributed by atoms with van der Waals surface area (Å²) in [5, 5.41) is 3.05. The third-order valence-corrected chi connectivity index (χ3v) is 3.07. The van der Waals surface area contributed by atoms with Crippen LogP contribution in [-0.2, 0) is 4.79 Å². The van der Waals surface area contributed by atoms with Gasteiger partial charge in [-0.2, -0.15) is 0 Å². The molecule has 1 amide bonds. The Balaban J connectivity index is 1.95. The van der Waals surface area contributed by atoms with Crippen molar-refractivity contribution in [3.8, 4) is 0 Å². The molecule has 0 spiro atoms. The highest BCUT2D eigenvalue weighted by Gasteiger charge is 2.33. The average Bonchev–Trinajstić information content (AvgIpc) is 2.58. The van der Waals surface area contributed by atoms with E-state index in [1.807, 2.05) is 0 Å². The third kappa shape index (κ3) is 1.33. The monoisotopic (exact) mass is 168 g/mol. The van der Waals surface area contributed by atoms with Crippen LogP contribution in [0.1, 0.15) is 25.7 Å². The van der Waals surface area contributed by atoms with Crippen LogP contribution in [0.25, 0.3) is 0 Å². The van der Waals surface area contributed by atoms with Crippen molar-refractivity contribution in [3.05, 3.63) is 0 Å². The summed E-state index contributed by atoms with van der Waals surface area (Å²) in [7, 11) is 2.15. The van der Waals surface area contributed by atoms with Gasteiger partial charge in [0.15, 0.2) is 0 Å². The molecule has 2 saturated heterocycles. The molecule has 3 heteroatoms. The Bertz CT molecular complexity index is 193. The van der Waals surface area contributed by atoms with E-state index in [-0.39, 0.29) is 5.91 Å². The Kier molecular flexibility index (Phi) is 2.05. The summed E-state index contributed by atoms with van der Waals surface area (Å²) < 4.78 is 0. The fourth-order valence-electron chi connectivity index (χ4n) is 2.37. The lowest BCUT2D eigenvalue weighted by molar-refractivity contribution is -0.119. The standard InChI is InChI=1S/C9H16N2O/c1-11-6-2-3-8(11)7-4-5-9(12)10-7/h7-8H,2-6H2,1H3,(H,10,12). The smallest absolute Gasteiger partial charge is 0.220 e. The van der Waals surface area contributed by atoms with Crippen molar-refractivity contribution in [3.63, 3.8) is 0 Å². The highest BCUT2D eigenvalue weighted by molar-refractivity contribution is 5.78. The molecule has 2 fully saturated rings. The molecule has 0 aromatic rings. The van der Waals surface area contributed by atoms with Gasteiger partial charge in [0.1, 0.15) is 0 Å². The maximum Gasteiger partial charge on any atom is 0.220 e. The van der Waals surface area contributed by atoms with Crippen molar-refractivity contribution in [2.45, 2.75) is 37.8 Å². The zero-order valence-corrected chi connectivity index (χ0v) is 7.55. The summed E-state index contributed by atoms with van der Waals surface area (Å²) >= 11 is 0. The molecule has 0 aromatic carbocycles. The highest BCUT2D eigenvalue weighted by atomic mass is 16.1. The van der Waals surface area contributed by atoms with Gasteiger partial charge in [-0.1, -0.05) is 0 Å². The number of hydrogen-bond acceptors (Lipinski definition) is 2. The molecule has 2 unspecified atom stereocenters. The molecule has 2 atom stereocenters. The van der Waals surface area contributed by atoms with E-state index in [0.29, 0.717) is 12.1 Å². The largest absolute Gasteiger partial charge is 0.352 e. The number of carbonyl (C=O) groups is 1. The zero-order valence-electron chi connectivity index (χ0n) is 7.55. The van der Waals surface area contributed by atoms with Crippen LogP contribution in [0.15, 0.2) is 0 Å². The van der Waals surface area contributed by atoms with Crippen molar-refractivity contribution < 1.29 is 4.79 Å². The molecule has 1 N–H and O–H groups in total. The minimum Gasteiger partial charge on any atom is -0.352 e. The average molecular weight is 168 g/mol. The lowest BCUT2D eigenvalue weighted by atomic mass is 10.0. The number of likely N-dealkylation sites (N-methyl/N-ethyl adjacent to an activating group) is 1. The predicted molar refractivity (Wildman–Crippen MR) is 46.8 cm³/mol. The first-order chi connectivity index (χ1) is 5.77. The van der Waals surface area contributed by atoms with E-state index in [1.54, 1.807) is 0 Å². The van der Waals surface area contributed by atoms with Crippen molar-refractivity contribution >= 4 is 5.91 Å². The molecule has 68 valence electrons. The number of likely N-dealkylation sites (tertiary alicyclic amines) is 1. The van der Waals surface area contributed by atoms with Gasteiger partial charge in [0.05, 0.1) is 0 Å². The molecule has 0 saturated carbocycles. The molecular weight excluding hydrogens is 152 g/mol. The SMILES string of the molecule is CN1CCCC1C1CCC(=O)N1. The molecule has 2 rings (SSSR count). The molecule has 2 heterocycles. The number of nitrogens with zero attached hydrogens (tertiary/aromatic N) is 1. The number of rotatable bonds is 1. The third-order valence-electron chi connectivity index (χ3n) is 3.07. The molecule has 0 bridgehead atoms. The zero-order chi connectivity index (χ0) is 8.55. The van der Waals surface area contributed by atoms with Crippen LogP contribution in [0, 0.1) is 0 Å². The van der Waals surface area contributed by atoms with Gasteiger partial charge in [0.2, 0.25) is 5.91 Å². The summed E-state index contributed by atoms with van der Waals surface area (Å²) in [4.78, 5) is 13.4. The van der Waals surface area contributed by atoms with Crippen LogP contribution in [0.5, 0.6) is 0 Å². The van der Waals surface area contributed by atoms with E-state index in [9.17, 15) is 4.79 Å². The second-order valence-corrected chi connectivity index (χ2v) is 3.90. The second-order valence-electron chi connectivity index (χ2n) is 3.90. The summed E-state index contributed by atoms with van der Waals surface area (Å²) in [6.07, 6.45) is 4.30. The van der Waals surface area contributed by atoms with Crippen molar-refractivity contribution in [2.24, 2.45) is 0 Å². The Morgan fingerprint density at radius 1 is 1.50 bits per heavy atom. The molecule has 2 aliphatic rings. The maximum absolute atomic E-state index is 11.0. The first kappa shape index (κ1) is 8.05. The minimum absolute atomic E-state index is 0.236. The topological polar surface area (TPSA) is 32.3 Å². The highest BCUT2D eigenvalue weighted by Crippen LogP contribution is 2.23. The Hall–Kier alpha value is -0.570. The predicted octanol–water partition coefficient (Wildman–Crippen LogP) is 0.359. The van der Waals surface area contributed by atoms with Gasteiger partial charge in [0, 0.05) is 18.5 Å². The van der Waals surface area contributed by atoms with Crippen LogP contribution in [0.2, 0.25) is 0 Å². The fourth-order valence-corrected chi connectivity index (χ4v) is 2.37. The Morgan fingerprint density at radius 2 is 2.33 bits per heavy atom. The van der Waals surface area contributed by atoms with Crippen molar-refractivity contribution in [1.29, 1.82) is 0 Å². The number of amides is 1. The quantitative estimate of drug-likeness (QED) is 0.613. The van der Waals surface area contributed by atoms with Gasteiger partial charge < -0.3 is 10.2 Å². The summed E-state index contributed by atoms with van der Waals surface area (Å²) in [6.45, 7) is 1.19. The van der Waals surface area contributed by atoms with Crippen LogP contribution in [0.3, 0.4) is 0 Å². The summed E-state index contributed by atoms with van der Waals surface area (Å²) in [6, 6.07) is 1.04. The molecule has 0 aromatic heterocycles. The van der Waals surface area contributed by atoms with Crippen LogP contribution >= 0.6 is 0 Å². The van der Waals surface area contributed by atoms with E-state index in [2.05, 4.69) is 17.3 Å². The second kappa shape index (κ2) is 3.05. The van der Waals surface area contributed by atoms with E-state index >= 15 is 0 Å². The lowest BCUT2D eigenvalue weighted by Crippen LogP contribution is -2.43. The molecule has 3 nitrogen and oxygen atoms in total.